The van der Waals surface area contributed by atoms with Crippen molar-refractivity contribution in [3.05, 3.63) is 84.3 Å². The van der Waals surface area contributed by atoms with Crippen LogP contribution in [0.15, 0.2) is 67.4 Å². The molecule has 1 N–H and O–H groups in total. The molecule has 32 heavy (non-hydrogen) atoms. The zero-order chi connectivity index (χ0) is 22.3. The number of rotatable bonds is 6. The van der Waals surface area contributed by atoms with Crippen molar-refractivity contribution >= 4 is 10.9 Å². The van der Waals surface area contributed by atoms with Gasteiger partial charge in [-0.15, -0.1) is 6.58 Å². The van der Waals surface area contributed by atoms with Crippen molar-refractivity contribution in [1.29, 1.82) is 0 Å². The number of halogens is 1. The SMILES string of the molecule is C=CC1C[N+]2(Cc3ccccc3F)CCC1CC2[C@H](O)c1ccnc2ccc(OC)cc12. The third-order valence-corrected chi connectivity index (χ3v) is 7.78. The Morgan fingerprint density at radius 1 is 1.28 bits per heavy atom. The van der Waals surface area contributed by atoms with Crippen molar-refractivity contribution < 1.29 is 18.7 Å². The maximum Gasteiger partial charge on any atom is 0.132 e. The van der Waals surface area contributed by atoms with Gasteiger partial charge in [0, 0.05) is 35.9 Å². The van der Waals surface area contributed by atoms with E-state index in [2.05, 4.69) is 17.6 Å². The van der Waals surface area contributed by atoms with Gasteiger partial charge in [0.1, 0.15) is 30.3 Å². The molecular weight excluding hydrogens is 403 g/mol. The number of aliphatic hydroxyl groups is 1. The average molecular weight is 434 g/mol. The van der Waals surface area contributed by atoms with Gasteiger partial charge in [0.2, 0.25) is 0 Å². The number of aromatic nitrogens is 1. The lowest BCUT2D eigenvalue weighted by Gasteiger charge is -2.58. The Balaban J connectivity index is 1.57. The van der Waals surface area contributed by atoms with Crippen molar-refractivity contribution in [2.45, 2.75) is 31.5 Å². The number of ether oxygens (including phenoxy) is 1. The molecule has 3 aliphatic rings. The van der Waals surface area contributed by atoms with E-state index in [0.717, 1.165) is 48.1 Å². The highest BCUT2D eigenvalue weighted by Crippen LogP contribution is 2.48. The fraction of sp³-hybridized carbons (Fsp3) is 0.370. The fourth-order valence-electron chi connectivity index (χ4n) is 6.09. The molecule has 0 radical (unpaired) electrons. The molecule has 3 aromatic rings. The number of piperidine rings is 3. The topological polar surface area (TPSA) is 42.4 Å². The van der Waals surface area contributed by atoms with Gasteiger partial charge >= 0.3 is 0 Å². The lowest BCUT2D eigenvalue weighted by molar-refractivity contribution is -0.985. The van der Waals surface area contributed by atoms with E-state index in [1.165, 1.54) is 6.07 Å². The Bertz CT molecular complexity index is 1150. The summed E-state index contributed by atoms with van der Waals surface area (Å²) in [5.74, 6) is 1.48. The highest BCUT2D eigenvalue weighted by molar-refractivity contribution is 5.83. The molecule has 0 spiro atoms. The minimum Gasteiger partial charge on any atom is -0.497 e. The molecule has 5 heteroatoms. The molecule has 4 unspecified atom stereocenters. The van der Waals surface area contributed by atoms with Crippen molar-refractivity contribution in [3.63, 3.8) is 0 Å². The van der Waals surface area contributed by atoms with Crippen molar-refractivity contribution in [2.75, 3.05) is 20.2 Å². The van der Waals surface area contributed by atoms with Gasteiger partial charge in [-0.25, -0.2) is 4.39 Å². The van der Waals surface area contributed by atoms with E-state index in [1.807, 2.05) is 36.4 Å². The standard InChI is InChI=1S/C27H30FN2O2/c1-3-18-16-30(17-20-6-4-5-7-24(20)28)13-11-19(18)14-26(30)27(31)22-10-12-29-25-9-8-21(32-2)15-23(22)25/h3-10,12,15,18-19,26-27,31H,1,11,13-14,16-17H2,2H3/q+1/t18?,19?,26?,27-,30?/m1/s1. The molecule has 3 aliphatic heterocycles. The van der Waals surface area contributed by atoms with Crippen LogP contribution in [0.25, 0.3) is 10.9 Å². The van der Waals surface area contributed by atoms with E-state index in [0.29, 0.717) is 28.4 Å². The smallest absolute Gasteiger partial charge is 0.132 e. The molecule has 5 atom stereocenters. The molecule has 0 saturated carbocycles. The summed E-state index contributed by atoms with van der Waals surface area (Å²) in [6.07, 6.45) is 5.14. The third-order valence-electron chi connectivity index (χ3n) is 7.78. The first-order chi connectivity index (χ1) is 15.5. The molecule has 2 bridgehead atoms. The van der Waals surface area contributed by atoms with E-state index in [1.54, 1.807) is 19.4 Å². The predicted octanol–water partition coefficient (Wildman–Crippen LogP) is 5.03. The van der Waals surface area contributed by atoms with Gasteiger partial charge < -0.3 is 14.3 Å². The van der Waals surface area contributed by atoms with E-state index >= 15 is 0 Å². The quantitative estimate of drug-likeness (QED) is 0.438. The first-order valence-corrected chi connectivity index (χ1v) is 11.4. The third kappa shape index (κ3) is 3.50. The largest absolute Gasteiger partial charge is 0.497 e. The van der Waals surface area contributed by atoms with Gasteiger partial charge in [0.15, 0.2) is 0 Å². The number of fused-ring (bicyclic) bond motifs is 4. The van der Waals surface area contributed by atoms with Crippen LogP contribution in [0.4, 0.5) is 4.39 Å². The lowest BCUT2D eigenvalue weighted by Crippen LogP contribution is -2.67. The zero-order valence-electron chi connectivity index (χ0n) is 18.5. The van der Waals surface area contributed by atoms with E-state index in [9.17, 15) is 9.50 Å². The maximum absolute atomic E-state index is 14.7. The molecule has 4 nitrogen and oxygen atoms in total. The van der Waals surface area contributed by atoms with Gasteiger partial charge in [-0.2, -0.15) is 0 Å². The second-order valence-electron chi connectivity index (χ2n) is 9.35. The van der Waals surface area contributed by atoms with Gasteiger partial charge in [-0.1, -0.05) is 24.3 Å². The van der Waals surface area contributed by atoms with Gasteiger partial charge in [-0.05, 0) is 41.8 Å². The van der Waals surface area contributed by atoms with Crippen molar-refractivity contribution in [2.24, 2.45) is 11.8 Å². The van der Waals surface area contributed by atoms with E-state index < -0.39 is 6.10 Å². The molecule has 0 amide bonds. The molecule has 3 fully saturated rings. The van der Waals surface area contributed by atoms with Crippen molar-refractivity contribution in [1.82, 2.24) is 4.98 Å². The summed E-state index contributed by atoms with van der Waals surface area (Å²) in [6.45, 7) is 6.49. The average Bonchev–Trinajstić information content (AvgIpc) is 2.84. The van der Waals surface area contributed by atoms with Gasteiger partial charge in [0.25, 0.3) is 0 Å². The summed E-state index contributed by atoms with van der Waals surface area (Å²) >= 11 is 0. The molecule has 166 valence electrons. The summed E-state index contributed by atoms with van der Waals surface area (Å²) in [5.41, 5.74) is 2.42. The number of pyridine rings is 1. The maximum atomic E-state index is 14.7. The Morgan fingerprint density at radius 3 is 2.91 bits per heavy atom. The predicted molar refractivity (Wildman–Crippen MR) is 124 cm³/mol. The summed E-state index contributed by atoms with van der Waals surface area (Å²) in [5, 5.41) is 12.7. The fourth-order valence-corrected chi connectivity index (χ4v) is 6.09. The minimum atomic E-state index is -0.673. The molecule has 4 heterocycles. The molecule has 0 aliphatic carbocycles. The van der Waals surface area contributed by atoms with Crippen LogP contribution in [0.1, 0.15) is 30.1 Å². The number of benzene rings is 2. The van der Waals surface area contributed by atoms with Crippen LogP contribution in [0.2, 0.25) is 0 Å². The van der Waals surface area contributed by atoms with Crippen LogP contribution in [0.5, 0.6) is 5.75 Å². The number of hydrogen-bond donors (Lipinski definition) is 1. The number of quaternary nitrogens is 1. The summed E-state index contributed by atoms with van der Waals surface area (Å²) in [4.78, 5) is 4.48. The summed E-state index contributed by atoms with van der Waals surface area (Å²) in [6, 6.07) is 14.7. The monoisotopic (exact) mass is 433 g/mol. The number of aliphatic hydroxyl groups excluding tert-OH is 1. The number of methoxy groups -OCH3 is 1. The number of hydrogen-bond acceptors (Lipinski definition) is 3. The number of nitrogens with zero attached hydrogens (tertiary/aromatic N) is 2. The van der Waals surface area contributed by atoms with Crippen LogP contribution >= 0.6 is 0 Å². The molecule has 2 aromatic carbocycles. The van der Waals surface area contributed by atoms with Crippen LogP contribution in [0.3, 0.4) is 0 Å². The Kier molecular flexibility index (Phi) is 5.48. The Morgan fingerprint density at radius 2 is 2.12 bits per heavy atom. The molecule has 6 rings (SSSR count). The summed E-state index contributed by atoms with van der Waals surface area (Å²) in [7, 11) is 1.64. The van der Waals surface area contributed by atoms with Crippen LogP contribution in [-0.4, -0.2) is 40.8 Å². The van der Waals surface area contributed by atoms with Crippen LogP contribution < -0.4 is 4.74 Å². The molecule has 1 aromatic heterocycles. The lowest BCUT2D eigenvalue weighted by atomic mass is 9.71. The Hall–Kier alpha value is -2.76. The molecular formula is C27H30FN2O2+. The van der Waals surface area contributed by atoms with Crippen LogP contribution in [0, 0.1) is 17.7 Å². The molecule has 3 saturated heterocycles. The highest BCUT2D eigenvalue weighted by atomic mass is 19.1. The second kappa shape index (κ2) is 8.30. The van der Waals surface area contributed by atoms with E-state index in [4.69, 9.17) is 4.74 Å². The highest BCUT2D eigenvalue weighted by Gasteiger charge is 2.54. The minimum absolute atomic E-state index is 0.0126. The van der Waals surface area contributed by atoms with E-state index in [-0.39, 0.29) is 11.9 Å². The van der Waals surface area contributed by atoms with Gasteiger partial charge in [-0.3, -0.25) is 4.98 Å². The van der Waals surface area contributed by atoms with Gasteiger partial charge in [0.05, 0.1) is 25.7 Å². The van der Waals surface area contributed by atoms with Crippen molar-refractivity contribution in [3.8, 4) is 5.75 Å². The summed E-state index contributed by atoms with van der Waals surface area (Å²) < 4.78 is 20.8. The Labute approximate surface area is 188 Å². The first kappa shape index (κ1) is 21.1. The van der Waals surface area contributed by atoms with Crippen LogP contribution in [-0.2, 0) is 6.54 Å². The zero-order valence-corrected chi connectivity index (χ0v) is 18.5. The second-order valence-corrected chi connectivity index (χ2v) is 9.35. The normalized spacial score (nSPS) is 27.9. The first-order valence-electron chi connectivity index (χ1n) is 11.4.